The maximum atomic E-state index is 9.87. The van der Waals surface area contributed by atoms with Crippen molar-refractivity contribution in [2.75, 3.05) is 39.6 Å². The second-order valence-corrected chi connectivity index (χ2v) is 4.61. The van der Waals surface area contributed by atoms with Crippen LogP contribution in [0.4, 0.5) is 0 Å². The standard InChI is InChI=1S/C9H17N2O.C7H14O4/c1-3-10-5-6-11(9-10)7-8-12-4-2;1-2-10-5-6-11-4-3-7(8)9/h5-6,9H,3-4,7-8H2,1-2H3;2-6H2,1H3,(H,8,9)/q+1;/p-1. The highest BCUT2D eigenvalue weighted by atomic mass is 16.5. The highest BCUT2D eigenvalue weighted by Crippen LogP contribution is 1.83. The molecule has 1 heterocycles. The molecule has 0 bridgehead atoms. The fourth-order valence-electron chi connectivity index (χ4n) is 1.59. The lowest BCUT2D eigenvalue weighted by atomic mass is 10.5. The first kappa shape index (κ1) is 21.6. The molecule has 134 valence electrons. The summed E-state index contributed by atoms with van der Waals surface area (Å²) in [5, 5.41) is 9.87. The molecule has 1 aromatic heterocycles. The number of carbonyl (C=O) groups is 1. The fraction of sp³-hybridized carbons (Fsp3) is 0.750. The number of nitrogens with zero attached hydrogens (tertiary/aromatic N) is 2. The van der Waals surface area contributed by atoms with Crippen molar-refractivity contribution in [3.8, 4) is 0 Å². The van der Waals surface area contributed by atoms with Crippen molar-refractivity contribution in [3.63, 3.8) is 0 Å². The van der Waals surface area contributed by atoms with Crippen LogP contribution in [0.15, 0.2) is 18.7 Å². The van der Waals surface area contributed by atoms with Gasteiger partial charge in [-0.2, -0.15) is 0 Å². The van der Waals surface area contributed by atoms with E-state index in [1.165, 1.54) is 0 Å². The van der Waals surface area contributed by atoms with Crippen LogP contribution in [0.5, 0.6) is 0 Å². The van der Waals surface area contributed by atoms with Crippen LogP contribution in [0, 0.1) is 0 Å². The van der Waals surface area contributed by atoms with Gasteiger partial charge in [0, 0.05) is 25.6 Å². The van der Waals surface area contributed by atoms with Crippen LogP contribution in [0.2, 0.25) is 0 Å². The van der Waals surface area contributed by atoms with E-state index in [1.54, 1.807) is 0 Å². The Morgan fingerprint density at radius 2 is 1.70 bits per heavy atom. The van der Waals surface area contributed by atoms with E-state index >= 15 is 0 Å². The summed E-state index contributed by atoms with van der Waals surface area (Å²) in [7, 11) is 0. The van der Waals surface area contributed by atoms with Gasteiger partial charge >= 0.3 is 0 Å². The molecule has 0 atom stereocenters. The molecule has 0 saturated carbocycles. The third kappa shape index (κ3) is 13.9. The Morgan fingerprint density at radius 3 is 2.26 bits per heavy atom. The molecular weight excluding hydrogens is 300 g/mol. The highest BCUT2D eigenvalue weighted by molar-refractivity contribution is 5.64. The Balaban J connectivity index is 0.000000423. The number of ether oxygens (including phenoxy) is 3. The first-order chi connectivity index (χ1) is 11.1. The summed E-state index contributed by atoms with van der Waals surface area (Å²) in [6.45, 7) is 11.4. The molecule has 0 fully saturated rings. The molecule has 1 aromatic rings. The monoisotopic (exact) mass is 330 g/mol. The van der Waals surface area contributed by atoms with Gasteiger partial charge < -0.3 is 24.1 Å². The van der Waals surface area contributed by atoms with Gasteiger partial charge in [0.25, 0.3) is 0 Å². The number of aryl methyl sites for hydroxylation is 1. The molecule has 0 aliphatic rings. The normalized spacial score (nSPS) is 10.2. The van der Waals surface area contributed by atoms with Crippen molar-refractivity contribution >= 4 is 5.97 Å². The minimum Gasteiger partial charge on any atom is -0.550 e. The molecule has 0 amide bonds. The number of imidazole rings is 1. The van der Waals surface area contributed by atoms with Gasteiger partial charge in [-0.1, -0.05) is 0 Å². The summed E-state index contributed by atoms with van der Waals surface area (Å²) < 4.78 is 19.4. The molecule has 0 aromatic carbocycles. The number of aromatic nitrogens is 2. The molecule has 7 nitrogen and oxygen atoms in total. The van der Waals surface area contributed by atoms with Crippen molar-refractivity contribution in [2.45, 2.75) is 40.3 Å². The summed E-state index contributed by atoms with van der Waals surface area (Å²) >= 11 is 0. The zero-order valence-corrected chi connectivity index (χ0v) is 14.5. The molecule has 0 aliphatic carbocycles. The molecular formula is C16H30N2O5. The van der Waals surface area contributed by atoms with E-state index in [9.17, 15) is 9.90 Å². The summed E-state index contributed by atoms with van der Waals surface area (Å²) in [6, 6.07) is 0. The topological polar surface area (TPSA) is 76.6 Å². The first-order valence-corrected chi connectivity index (χ1v) is 8.11. The zero-order valence-electron chi connectivity index (χ0n) is 14.5. The first-order valence-electron chi connectivity index (χ1n) is 8.11. The van der Waals surface area contributed by atoms with Crippen molar-refractivity contribution in [1.29, 1.82) is 0 Å². The van der Waals surface area contributed by atoms with Gasteiger partial charge in [-0.15, -0.1) is 0 Å². The Kier molecular flexibility index (Phi) is 14.5. The summed E-state index contributed by atoms with van der Waals surface area (Å²) in [4.78, 5) is 9.87. The molecule has 0 saturated heterocycles. The number of carbonyl (C=O) groups excluding carboxylic acids is 1. The minimum absolute atomic E-state index is 0.0495. The average molecular weight is 330 g/mol. The lowest BCUT2D eigenvalue weighted by Gasteiger charge is -2.04. The van der Waals surface area contributed by atoms with Gasteiger partial charge in [0.2, 0.25) is 6.33 Å². The summed E-state index contributed by atoms with van der Waals surface area (Å²) in [5.74, 6) is -1.08. The maximum absolute atomic E-state index is 9.87. The number of carboxylic acid groups (broad SMARTS) is 1. The predicted octanol–water partition coefficient (Wildman–Crippen LogP) is 0.0115. The van der Waals surface area contributed by atoms with Crippen molar-refractivity contribution < 1.29 is 28.7 Å². The lowest BCUT2D eigenvalue weighted by molar-refractivity contribution is -0.698. The van der Waals surface area contributed by atoms with Crippen LogP contribution in [-0.4, -0.2) is 50.2 Å². The maximum Gasteiger partial charge on any atom is 0.243 e. The van der Waals surface area contributed by atoms with Crippen molar-refractivity contribution in [2.24, 2.45) is 0 Å². The van der Waals surface area contributed by atoms with Gasteiger partial charge in [-0.3, -0.25) is 0 Å². The number of rotatable bonds is 12. The van der Waals surface area contributed by atoms with Gasteiger partial charge in [0.05, 0.1) is 33.0 Å². The van der Waals surface area contributed by atoms with Crippen molar-refractivity contribution in [1.82, 2.24) is 4.57 Å². The van der Waals surface area contributed by atoms with Crippen molar-refractivity contribution in [3.05, 3.63) is 18.7 Å². The highest BCUT2D eigenvalue weighted by Gasteiger charge is 1.99. The van der Waals surface area contributed by atoms with Gasteiger partial charge in [0.15, 0.2) is 0 Å². The van der Waals surface area contributed by atoms with E-state index in [0.717, 1.165) is 26.3 Å². The van der Waals surface area contributed by atoms with Crippen LogP contribution in [-0.2, 0) is 32.1 Å². The zero-order chi connectivity index (χ0) is 17.3. The number of carboxylic acids is 1. The van der Waals surface area contributed by atoms with Crippen LogP contribution in [0.3, 0.4) is 0 Å². The van der Waals surface area contributed by atoms with E-state index in [-0.39, 0.29) is 13.0 Å². The van der Waals surface area contributed by atoms with Gasteiger partial charge in [-0.05, 0) is 20.8 Å². The molecule has 0 spiro atoms. The van der Waals surface area contributed by atoms with E-state index in [2.05, 4.69) is 34.8 Å². The second-order valence-electron chi connectivity index (χ2n) is 4.61. The van der Waals surface area contributed by atoms with Crippen LogP contribution in [0.1, 0.15) is 27.2 Å². The molecule has 23 heavy (non-hydrogen) atoms. The van der Waals surface area contributed by atoms with Crippen LogP contribution in [0.25, 0.3) is 0 Å². The molecule has 1 rings (SSSR count). The predicted molar refractivity (Wildman–Crippen MR) is 83.7 cm³/mol. The van der Waals surface area contributed by atoms with E-state index < -0.39 is 5.97 Å². The van der Waals surface area contributed by atoms with E-state index in [0.29, 0.717) is 19.8 Å². The summed E-state index contributed by atoms with van der Waals surface area (Å²) in [6.07, 6.45) is 6.19. The minimum atomic E-state index is -1.08. The lowest BCUT2D eigenvalue weighted by Crippen LogP contribution is -2.33. The Bertz CT molecular complexity index is 396. The number of aliphatic carboxylic acids is 1. The molecule has 0 N–H and O–H groups in total. The smallest absolute Gasteiger partial charge is 0.243 e. The Hall–Kier alpha value is -1.44. The average Bonchev–Trinajstić information content (AvgIpc) is 2.99. The Morgan fingerprint density at radius 1 is 1.04 bits per heavy atom. The third-order valence-corrected chi connectivity index (χ3v) is 2.84. The number of hydrogen-bond donors (Lipinski definition) is 0. The van der Waals surface area contributed by atoms with E-state index in [1.807, 2.05) is 13.8 Å². The molecule has 0 radical (unpaired) electrons. The van der Waals surface area contributed by atoms with Crippen LogP contribution >= 0.6 is 0 Å². The van der Waals surface area contributed by atoms with Gasteiger partial charge in [-0.25, -0.2) is 9.13 Å². The number of hydrogen-bond acceptors (Lipinski definition) is 5. The fourth-order valence-corrected chi connectivity index (χ4v) is 1.59. The van der Waals surface area contributed by atoms with Crippen LogP contribution < -0.4 is 9.67 Å². The van der Waals surface area contributed by atoms with Gasteiger partial charge in [0.1, 0.15) is 18.9 Å². The van der Waals surface area contributed by atoms with E-state index in [4.69, 9.17) is 14.2 Å². The largest absolute Gasteiger partial charge is 0.550 e. The molecule has 7 heteroatoms. The molecule has 0 aliphatic heterocycles. The summed E-state index contributed by atoms with van der Waals surface area (Å²) in [5.41, 5.74) is 0. The third-order valence-electron chi connectivity index (χ3n) is 2.84. The Labute approximate surface area is 138 Å². The quantitative estimate of drug-likeness (QED) is 0.399. The second kappa shape index (κ2) is 15.5. The molecule has 0 unspecified atom stereocenters. The SMILES string of the molecule is CCOCCOCCC(=O)[O-].CCOCC[n+]1ccn(CC)c1.